The minimum atomic E-state index is -0.563. The van der Waals surface area contributed by atoms with Gasteiger partial charge in [0.25, 0.3) is 0 Å². The number of methoxy groups -OCH3 is 1. The Bertz CT molecular complexity index is 1070. The zero-order valence-corrected chi connectivity index (χ0v) is 18.8. The molecule has 0 fully saturated rings. The first kappa shape index (κ1) is 25.5. The van der Waals surface area contributed by atoms with Gasteiger partial charge in [-0.2, -0.15) is 0 Å². The fourth-order valence-electron chi connectivity index (χ4n) is 2.65. The lowest BCUT2D eigenvalue weighted by atomic mass is 10.2. The van der Waals surface area contributed by atoms with E-state index in [1.54, 1.807) is 31.4 Å². The number of hydrogen-bond donors (Lipinski definition) is 5. The van der Waals surface area contributed by atoms with Crippen molar-refractivity contribution >= 4 is 23.7 Å². The molecule has 6 N–H and O–H groups in total. The summed E-state index contributed by atoms with van der Waals surface area (Å²) in [6.07, 6.45) is 1.25. The van der Waals surface area contributed by atoms with E-state index < -0.39 is 5.91 Å². The van der Waals surface area contributed by atoms with Gasteiger partial charge in [0.1, 0.15) is 29.6 Å². The van der Waals surface area contributed by atoms with Gasteiger partial charge in [-0.25, -0.2) is 0 Å². The SMILES string of the molecule is COc1cc(OCCNCc2ccc(O)cc2)ccc1C=N.NC(=O)c1ccc(O)c(Cl)c1. The molecule has 0 aliphatic heterocycles. The number of phenols is 2. The van der Waals surface area contributed by atoms with E-state index in [9.17, 15) is 9.90 Å². The summed E-state index contributed by atoms with van der Waals surface area (Å²) in [5.41, 5.74) is 7.07. The monoisotopic (exact) mass is 471 g/mol. The topological polar surface area (TPSA) is 138 Å². The van der Waals surface area contributed by atoms with Gasteiger partial charge in [0, 0.05) is 36.5 Å². The highest BCUT2D eigenvalue weighted by molar-refractivity contribution is 6.32. The van der Waals surface area contributed by atoms with Gasteiger partial charge in [-0.3, -0.25) is 4.79 Å². The number of primary amides is 1. The predicted molar refractivity (Wildman–Crippen MR) is 128 cm³/mol. The molecule has 0 atom stereocenters. The highest BCUT2D eigenvalue weighted by Crippen LogP contribution is 2.24. The van der Waals surface area contributed by atoms with Gasteiger partial charge in [-0.15, -0.1) is 0 Å². The van der Waals surface area contributed by atoms with Crippen molar-refractivity contribution in [2.24, 2.45) is 5.73 Å². The fourth-order valence-corrected chi connectivity index (χ4v) is 2.83. The van der Waals surface area contributed by atoms with Crippen LogP contribution in [0.4, 0.5) is 0 Å². The number of nitrogens with one attached hydrogen (secondary N) is 2. The Balaban J connectivity index is 0.000000294. The average molecular weight is 472 g/mol. The lowest BCUT2D eigenvalue weighted by Crippen LogP contribution is -2.20. The predicted octanol–water partition coefficient (Wildman–Crippen LogP) is 3.71. The molecule has 0 aromatic heterocycles. The molecule has 0 unspecified atom stereocenters. The standard InChI is InChI=1S/C17H20N2O3.C7H6ClNO2/c1-21-17-10-16(7-4-14(17)11-18)22-9-8-19-12-13-2-5-15(20)6-3-13;8-5-3-4(7(9)11)1-2-6(5)10/h2-7,10-11,18-20H,8-9,12H2,1H3;1-3,10H,(H2,9,11). The third-order valence-corrected chi connectivity index (χ3v) is 4.71. The second kappa shape index (κ2) is 12.9. The summed E-state index contributed by atoms with van der Waals surface area (Å²) in [5, 5.41) is 28.8. The maximum absolute atomic E-state index is 10.5. The summed E-state index contributed by atoms with van der Waals surface area (Å²) in [6.45, 7) is 1.96. The van der Waals surface area contributed by atoms with Gasteiger partial charge in [0.05, 0.1) is 12.1 Å². The summed E-state index contributed by atoms with van der Waals surface area (Å²) >= 11 is 5.50. The van der Waals surface area contributed by atoms with E-state index in [0.29, 0.717) is 24.7 Å². The first-order chi connectivity index (χ1) is 15.8. The number of ether oxygens (including phenoxy) is 2. The van der Waals surface area contributed by atoms with Crippen LogP contribution in [0.15, 0.2) is 60.7 Å². The van der Waals surface area contributed by atoms with Crippen LogP contribution in [0, 0.1) is 5.41 Å². The third-order valence-electron chi connectivity index (χ3n) is 4.41. The number of hydrogen-bond acceptors (Lipinski definition) is 7. The smallest absolute Gasteiger partial charge is 0.248 e. The number of amides is 1. The van der Waals surface area contributed by atoms with Gasteiger partial charge < -0.3 is 36.1 Å². The Hall–Kier alpha value is -3.75. The molecule has 33 heavy (non-hydrogen) atoms. The largest absolute Gasteiger partial charge is 0.508 e. The number of carbonyl (C=O) groups excluding carboxylic acids is 1. The van der Waals surface area contributed by atoms with E-state index in [4.69, 9.17) is 37.3 Å². The van der Waals surface area contributed by atoms with E-state index in [2.05, 4.69) is 5.32 Å². The first-order valence-electron chi connectivity index (χ1n) is 9.92. The molecular formula is C24H26ClN3O5. The number of benzene rings is 3. The number of phenolic OH excluding ortho intramolecular Hbond substituents is 2. The Labute approximate surface area is 197 Å². The van der Waals surface area contributed by atoms with Crippen molar-refractivity contribution in [1.29, 1.82) is 5.41 Å². The maximum Gasteiger partial charge on any atom is 0.248 e. The minimum Gasteiger partial charge on any atom is -0.508 e. The van der Waals surface area contributed by atoms with Crippen LogP contribution < -0.4 is 20.5 Å². The molecule has 0 radical (unpaired) electrons. The van der Waals surface area contributed by atoms with Crippen LogP contribution in [0.3, 0.4) is 0 Å². The second-order valence-corrected chi connectivity index (χ2v) is 7.18. The third kappa shape index (κ3) is 8.36. The Morgan fingerprint density at radius 1 is 1.12 bits per heavy atom. The van der Waals surface area contributed by atoms with Crippen molar-refractivity contribution in [3.05, 3.63) is 82.4 Å². The molecule has 3 aromatic rings. The molecular weight excluding hydrogens is 446 g/mol. The molecule has 0 saturated heterocycles. The van der Waals surface area contributed by atoms with E-state index >= 15 is 0 Å². The van der Waals surface area contributed by atoms with Crippen LogP contribution in [0.2, 0.25) is 5.02 Å². The first-order valence-corrected chi connectivity index (χ1v) is 10.3. The van der Waals surface area contributed by atoms with E-state index in [0.717, 1.165) is 17.7 Å². The van der Waals surface area contributed by atoms with Crippen LogP contribution in [0.1, 0.15) is 21.5 Å². The molecule has 3 aromatic carbocycles. The van der Waals surface area contributed by atoms with Gasteiger partial charge in [-0.05, 0) is 48.0 Å². The lowest BCUT2D eigenvalue weighted by molar-refractivity contribution is 0.100. The summed E-state index contributed by atoms with van der Waals surface area (Å²) in [7, 11) is 1.57. The molecule has 0 aliphatic rings. The van der Waals surface area contributed by atoms with Crippen LogP contribution in [-0.4, -0.2) is 42.6 Å². The lowest BCUT2D eigenvalue weighted by Gasteiger charge is -2.10. The van der Waals surface area contributed by atoms with Gasteiger partial charge >= 0.3 is 0 Å². The van der Waals surface area contributed by atoms with Crippen LogP contribution in [0.5, 0.6) is 23.0 Å². The molecule has 0 bridgehead atoms. The van der Waals surface area contributed by atoms with Crippen LogP contribution in [0.25, 0.3) is 0 Å². The maximum atomic E-state index is 10.5. The summed E-state index contributed by atoms with van der Waals surface area (Å²) in [5.74, 6) is 0.997. The average Bonchev–Trinajstić information content (AvgIpc) is 2.82. The van der Waals surface area contributed by atoms with E-state index in [1.807, 2.05) is 18.2 Å². The van der Waals surface area contributed by atoms with Crippen molar-refractivity contribution in [2.75, 3.05) is 20.3 Å². The van der Waals surface area contributed by atoms with Gasteiger partial charge in [0.2, 0.25) is 5.91 Å². The molecule has 1 amide bonds. The molecule has 0 spiro atoms. The number of carbonyl (C=O) groups is 1. The van der Waals surface area contributed by atoms with Crippen molar-refractivity contribution in [3.8, 4) is 23.0 Å². The van der Waals surface area contributed by atoms with Gasteiger partial charge in [-0.1, -0.05) is 23.7 Å². The van der Waals surface area contributed by atoms with Crippen molar-refractivity contribution in [3.63, 3.8) is 0 Å². The highest BCUT2D eigenvalue weighted by Gasteiger charge is 2.04. The zero-order valence-electron chi connectivity index (χ0n) is 18.0. The van der Waals surface area contributed by atoms with Crippen LogP contribution >= 0.6 is 11.6 Å². The number of rotatable bonds is 9. The molecule has 0 heterocycles. The van der Waals surface area contributed by atoms with E-state index in [-0.39, 0.29) is 22.1 Å². The van der Waals surface area contributed by atoms with Crippen molar-refractivity contribution in [1.82, 2.24) is 5.32 Å². The fraction of sp³-hybridized carbons (Fsp3) is 0.167. The van der Waals surface area contributed by atoms with Gasteiger partial charge in [0.15, 0.2) is 0 Å². The zero-order chi connectivity index (χ0) is 24.2. The molecule has 0 aliphatic carbocycles. The van der Waals surface area contributed by atoms with Crippen molar-refractivity contribution < 1.29 is 24.5 Å². The Kier molecular flexibility index (Phi) is 10.0. The summed E-state index contributed by atoms with van der Waals surface area (Å²) < 4.78 is 10.9. The molecule has 3 rings (SSSR count). The quantitative estimate of drug-likeness (QED) is 0.238. The Morgan fingerprint density at radius 3 is 2.45 bits per heavy atom. The summed E-state index contributed by atoms with van der Waals surface area (Å²) in [4.78, 5) is 10.5. The number of aromatic hydroxyl groups is 2. The molecule has 174 valence electrons. The molecule has 9 heteroatoms. The Morgan fingerprint density at radius 2 is 1.85 bits per heavy atom. The molecule has 0 saturated carbocycles. The minimum absolute atomic E-state index is 0.0586. The van der Waals surface area contributed by atoms with Crippen molar-refractivity contribution in [2.45, 2.75) is 6.54 Å². The molecule has 8 nitrogen and oxygen atoms in total. The normalized spacial score (nSPS) is 10.0. The second-order valence-electron chi connectivity index (χ2n) is 6.77. The van der Waals surface area contributed by atoms with Crippen LogP contribution in [-0.2, 0) is 6.54 Å². The number of halogens is 1. The highest BCUT2D eigenvalue weighted by atomic mass is 35.5. The number of nitrogens with two attached hydrogens (primary N) is 1. The van der Waals surface area contributed by atoms with E-state index in [1.165, 1.54) is 24.4 Å². The summed E-state index contributed by atoms with van der Waals surface area (Å²) in [6, 6.07) is 16.5.